The number of benzene rings is 1. The number of halogens is 1. The third-order valence-electron chi connectivity index (χ3n) is 1.40. The second-order valence-corrected chi connectivity index (χ2v) is 2.56. The first-order valence-electron chi connectivity index (χ1n) is 3.21. The summed E-state index contributed by atoms with van der Waals surface area (Å²) in [7, 11) is 0. The van der Waals surface area contributed by atoms with Gasteiger partial charge in [-0.15, -0.1) is 0 Å². The van der Waals surface area contributed by atoms with Crippen molar-refractivity contribution in [3.63, 3.8) is 0 Å². The van der Waals surface area contributed by atoms with Gasteiger partial charge in [0, 0.05) is 0 Å². The molecule has 0 aliphatic carbocycles. The first-order valence-corrected chi connectivity index (χ1v) is 3.59. The average molecular weight is 170 g/mol. The van der Waals surface area contributed by atoms with Crippen LogP contribution in [0.5, 0.6) is 0 Å². The molecule has 0 unspecified atom stereocenters. The summed E-state index contributed by atoms with van der Waals surface area (Å²) in [5, 5.41) is -0.531. The minimum absolute atomic E-state index is 0.531. The Balaban J connectivity index is 2.85. The first-order chi connectivity index (χ1) is 5.22. The molecule has 0 heterocycles. The molecule has 1 rings (SSSR count). The van der Waals surface area contributed by atoms with Crippen LogP contribution in [0.2, 0.25) is 0 Å². The van der Waals surface area contributed by atoms with Gasteiger partial charge in [0.25, 0.3) is 0 Å². The second kappa shape index (κ2) is 3.51. The molecule has 0 spiro atoms. The minimum Gasteiger partial charge on any atom is -0.317 e. The molecule has 11 heavy (non-hydrogen) atoms. The van der Waals surface area contributed by atoms with Crippen molar-refractivity contribution in [2.45, 2.75) is 6.04 Å². The lowest BCUT2D eigenvalue weighted by molar-refractivity contribution is -0.112. The van der Waals surface area contributed by atoms with Gasteiger partial charge in [-0.2, -0.15) is 0 Å². The minimum atomic E-state index is -0.696. The molecule has 1 aromatic rings. The van der Waals surface area contributed by atoms with Gasteiger partial charge >= 0.3 is 0 Å². The maximum Gasteiger partial charge on any atom is 0.242 e. The van der Waals surface area contributed by atoms with Crippen molar-refractivity contribution in [3.05, 3.63) is 35.9 Å². The van der Waals surface area contributed by atoms with Crippen LogP contribution in [0.4, 0.5) is 0 Å². The van der Waals surface area contributed by atoms with Crippen LogP contribution in [-0.2, 0) is 4.79 Å². The molecule has 0 radical (unpaired) electrons. The van der Waals surface area contributed by atoms with Gasteiger partial charge in [0.2, 0.25) is 5.24 Å². The van der Waals surface area contributed by atoms with E-state index in [9.17, 15) is 4.79 Å². The standard InChI is InChI=1S/C8H8ClNO/c9-8(11)7(10)6-4-2-1-3-5-6/h1-5,7H,10H2/t7-/m1/s1. The van der Waals surface area contributed by atoms with E-state index in [4.69, 9.17) is 17.3 Å². The number of nitrogens with two attached hydrogens (primary N) is 1. The van der Waals surface area contributed by atoms with Crippen LogP contribution in [-0.4, -0.2) is 5.24 Å². The van der Waals surface area contributed by atoms with Crippen molar-refractivity contribution >= 4 is 16.8 Å². The van der Waals surface area contributed by atoms with Crippen molar-refractivity contribution < 1.29 is 4.79 Å². The van der Waals surface area contributed by atoms with Crippen molar-refractivity contribution in [2.24, 2.45) is 5.73 Å². The summed E-state index contributed by atoms with van der Waals surface area (Å²) in [6.07, 6.45) is 0. The summed E-state index contributed by atoms with van der Waals surface area (Å²) in [5.74, 6) is 0. The monoisotopic (exact) mass is 169 g/mol. The fraction of sp³-hybridized carbons (Fsp3) is 0.125. The Labute approximate surface area is 70.0 Å². The summed E-state index contributed by atoms with van der Waals surface area (Å²) in [4.78, 5) is 10.6. The number of carbonyl (C=O) groups is 1. The molecule has 0 aliphatic heterocycles. The smallest absolute Gasteiger partial charge is 0.242 e. The quantitative estimate of drug-likeness (QED) is 0.681. The zero-order valence-electron chi connectivity index (χ0n) is 5.83. The van der Waals surface area contributed by atoms with E-state index in [2.05, 4.69) is 0 Å². The molecule has 0 saturated heterocycles. The summed E-state index contributed by atoms with van der Waals surface area (Å²) in [6.45, 7) is 0. The van der Waals surface area contributed by atoms with E-state index in [0.29, 0.717) is 0 Å². The molecule has 1 aromatic carbocycles. The third kappa shape index (κ3) is 2.03. The maximum absolute atomic E-state index is 10.6. The van der Waals surface area contributed by atoms with E-state index < -0.39 is 11.3 Å². The highest BCUT2D eigenvalue weighted by molar-refractivity contribution is 6.64. The zero-order valence-corrected chi connectivity index (χ0v) is 6.58. The Morgan fingerprint density at radius 1 is 1.36 bits per heavy atom. The first kappa shape index (κ1) is 8.24. The van der Waals surface area contributed by atoms with Crippen molar-refractivity contribution in [1.82, 2.24) is 0 Å². The Morgan fingerprint density at radius 3 is 2.36 bits per heavy atom. The van der Waals surface area contributed by atoms with Gasteiger partial charge in [0.15, 0.2) is 0 Å². The van der Waals surface area contributed by atoms with E-state index in [0.717, 1.165) is 5.56 Å². The number of hydrogen-bond acceptors (Lipinski definition) is 2. The lowest BCUT2D eigenvalue weighted by Crippen LogP contribution is -2.16. The predicted octanol–water partition coefficient (Wildman–Crippen LogP) is 1.45. The zero-order chi connectivity index (χ0) is 8.27. The predicted molar refractivity (Wildman–Crippen MR) is 44.2 cm³/mol. The van der Waals surface area contributed by atoms with Crippen LogP contribution in [0.15, 0.2) is 30.3 Å². The van der Waals surface area contributed by atoms with Gasteiger partial charge in [0.05, 0.1) is 0 Å². The highest BCUT2D eigenvalue weighted by atomic mass is 35.5. The molecule has 0 bridgehead atoms. The normalized spacial score (nSPS) is 12.5. The Morgan fingerprint density at radius 2 is 1.91 bits per heavy atom. The molecule has 3 heteroatoms. The van der Waals surface area contributed by atoms with Gasteiger partial charge in [-0.05, 0) is 17.2 Å². The lowest BCUT2D eigenvalue weighted by atomic mass is 10.1. The molecule has 0 aliphatic rings. The highest BCUT2D eigenvalue weighted by Crippen LogP contribution is 2.11. The van der Waals surface area contributed by atoms with Gasteiger partial charge in [0.1, 0.15) is 6.04 Å². The van der Waals surface area contributed by atoms with Gasteiger partial charge < -0.3 is 5.73 Å². The molecule has 0 fully saturated rings. The van der Waals surface area contributed by atoms with Crippen LogP contribution in [0.25, 0.3) is 0 Å². The lowest BCUT2D eigenvalue weighted by Gasteiger charge is -2.04. The van der Waals surface area contributed by atoms with E-state index in [1.807, 2.05) is 18.2 Å². The van der Waals surface area contributed by atoms with Gasteiger partial charge in [-0.1, -0.05) is 30.3 Å². The molecule has 2 N–H and O–H groups in total. The molecule has 0 aromatic heterocycles. The van der Waals surface area contributed by atoms with Crippen LogP contribution < -0.4 is 5.73 Å². The van der Waals surface area contributed by atoms with Crippen molar-refractivity contribution in [2.75, 3.05) is 0 Å². The number of rotatable bonds is 2. The summed E-state index contributed by atoms with van der Waals surface area (Å²) >= 11 is 5.20. The Bertz CT molecular complexity index is 248. The molecule has 58 valence electrons. The molecular weight excluding hydrogens is 162 g/mol. The highest BCUT2D eigenvalue weighted by Gasteiger charge is 2.11. The summed E-state index contributed by atoms with van der Waals surface area (Å²) in [6, 6.07) is 8.33. The molecular formula is C8H8ClNO. The summed E-state index contributed by atoms with van der Waals surface area (Å²) < 4.78 is 0. The average Bonchev–Trinajstić information content (AvgIpc) is 2.05. The van der Waals surface area contributed by atoms with E-state index in [1.54, 1.807) is 12.1 Å². The largest absolute Gasteiger partial charge is 0.317 e. The number of hydrogen-bond donors (Lipinski definition) is 1. The molecule has 0 saturated carbocycles. The fourth-order valence-corrected chi connectivity index (χ4v) is 0.917. The fourth-order valence-electron chi connectivity index (χ4n) is 0.791. The van der Waals surface area contributed by atoms with E-state index in [1.165, 1.54) is 0 Å². The molecule has 0 amide bonds. The SMILES string of the molecule is N[C@@H](C(=O)Cl)c1ccccc1. The summed E-state index contributed by atoms with van der Waals surface area (Å²) in [5.41, 5.74) is 6.20. The maximum atomic E-state index is 10.6. The molecule has 1 atom stereocenters. The topological polar surface area (TPSA) is 43.1 Å². The Kier molecular flexibility index (Phi) is 2.63. The van der Waals surface area contributed by atoms with Crippen LogP contribution in [0, 0.1) is 0 Å². The van der Waals surface area contributed by atoms with Crippen LogP contribution in [0.1, 0.15) is 11.6 Å². The van der Waals surface area contributed by atoms with E-state index in [-0.39, 0.29) is 0 Å². The number of carbonyl (C=O) groups excluding carboxylic acids is 1. The van der Waals surface area contributed by atoms with Crippen molar-refractivity contribution in [3.8, 4) is 0 Å². The van der Waals surface area contributed by atoms with Crippen LogP contribution >= 0.6 is 11.6 Å². The van der Waals surface area contributed by atoms with Gasteiger partial charge in [-0.25, -0.2) is 0 Å². The van der Waals surface area contributed by atoms with E-state index >= 15 is 0 Å². The third-order valence-corrected chi connectivity index (χ3v) is 1.64. The van der Waals surface area contributed by atoms with Crippen LogP contribution in [0.3, 0.4) is 0 Å². The van der Waals surface area contributed by atoms with Crippen molar-refractivity contribution in [1.29, 1.82) is 0 Å². The Hall–Kier alpha value is -0.860. The second-order valence-electron chi connectivity index (χ2n) is 2.19. The van der Waals surface area contributed by atoms with Gasteiger partial charge in [-0.3, -0.25) is 4.79 Å². The molecule has 2 nitrogen and oxygen atoms in total.